The van der Waals surface area contributed by atoms with Gasteiger partial charge < -0.3 is 5.73 Å². The van der Waals surface area contributed by atoms with Crippen molar-refractivity contribution in [1.29, 1.82) is 0 Å². The van der Waals surface area contributed by atoms with Gasteiger partial charge in [0.05, 0.1) is 0 Å². The molecule has 0 aliphatic carbocycles. The molecule has 2 N–H and O–H groups in total. The van der Waals surface area contributed by atoms with Crippen molar-refractivity contribution in [1.82, 2.24) is 0 Å². The summed E-state index contributed by atoms with van der Waals surface area (Å²) in [6.07, 6.45) is 20.2. The second-order valence-corrected chi connectivity index (χ2v) is 7.64. The molecule has 23 heavy (non-hydrogen) atoms. The summed E-state index contributed by atoms with van der Waals surface area (Å²) in [6.45, 7) is 6.47. The zero-order valence-electron chi connectivity index (χ0n) is 16.2. The fraction of sp³-hybridized carbons (Fsp3) is 0.952. The van der Waals surface area contributed by atoms with Gasteiger partial charge in [0.15, 0.2) is 0 Å². The number of unbranched alkanes of at least 4 members (excludes halogenated alkanes) is 13. The van der Waals surface area contributed by atoms with Gasteiger partial charge in [-0.25, -0.2) is 0 Å². The van der Waals surface area contributed by atoms with Gasteiger partial charge in [0.1, 0.15) is 0 Å². The summed E-state index contributed by atoms with van der Waals surface area (Å²) in [6, 6.07) is 0. The molecule has 0 spiro atoms. The standard InChI is InChI=1S/C21H43NO/c1-4-5-6-7-8-9-10-11-12-13-14-15-16-17-18-20(19(2)3)21(22)23/h19-20H,4-18H2,1-3H3,(H2,22,23). The van der Waals surface area contributed by atoms with Crippen molar-refractivity contribution >= 4 is 5.91 Å². The third-order valence-corrected chi connectivity index (χ3v) is 5.04. The number of primary amides is 1. The monoisotopic (exact) mass is 325 g/mol. The molecule has 1 atom stereocenters. The van der Waals surface area contributed by atoms with Gasteiger partial charge in [-0.1, -0.05) is 111 Å². The molecule has 0 aromatic heterocycles. The van der Waals surface area contributed by atoms with Gasteiger partial charge in [-0.05, 0) is 12.3 Å². The normalized spacial score (nSPS) is 12.7. The van der Waals surface area contributed by atoms with Gasteiger partial charge in [0.25, 0.3) is 0 Å². The number of rotatable bonds is 17. The van der Waals surface area contributed by atoms with Crippen LogP contribution in [-0.4, -0.2) is 5.91 Å². The van der Waals surface area contributed by atoms with Gasteiger partial charge in [-0.2, -0.15) is 0 Å². The fourth-order valence-corrected chi connectivity index (χ4v) is 3.36. The SMILES string of the molecule is CCCCCCCCCCCCCCCCC(C(N)=O)C(C)C. The van der Waals surface area contributed by atoms with E-state index in [9.17, 15) is 4.79 Å². The maximum atomic E-state index is 11.3. The number of amides is 1. The predicted molar refractivity (Wildman–Crippen MR) is 102 cm³/mol. The first-order valence-electron chi connectivity index (χ1n) is 10.4. The quantitative estimate of drug-likeness (QED) is 0.300. The lowest BCUT2D eigenvalue weighted by atomic mass is 9.89. The third-order valence-electron chi connectivity index (χ3n) is 5.04. The van der Waals surface area contributed by atoms with E-state index in [1.807, 2.05) is 0 Å². The second kappa shape index (κ2) is 16.3. The molecule has 0 aromatic carbocycles. The Labute approximate surface area is 146 Å². The van der Waals surface area contributed by atoms with Crippen LogP contribution in [0.15, 0.2) is 0 Å². The van der Waals surface area contributed by atoms with Crippen molar-refractivity contribution in [2.75, 3.05) is 0 Å². The smallest absolute Gasteiger partial charge is 0.220 e. The van der Waals surface area contributed by atoms with Gasteiger partial charge in [0, 0.05) is 5.92 Å². The molecule has 0 radical (unpaired) electrons. The molecular weight excluding hydrogens is 282 g/mol. The summed E-state index contributed by atoms with van der Waals surface area (Å²) in [5, 5.41) is 0. The minimum Gasteiger partial charge on any atom is -0.369 e. The Morgan fingerprint density at radius 3 is 1.35 bits per heavy atom. The number of nitrogens with two attached hydrogens (primary N) is 1. The van der Waals surface area contributed by atoms with Crippen molar-refractivity contribution in [3.05, 3.63) is 0 Å². The Kier molecular flexibility index (Phi) is 16.0. The van der Waals surface area contributed by atoms with Crippen LogP contribution in [0.2, 0.25) is 0 Å². The summed E-state index contributed by atoms with van der Waals surface area (Å²) in [5.74, 6) is 0.344. The summed E-state index contributed by atoms with van der Waals surface area (Å²) in [4.78, 5) is 11.3. The molecular formula is C21H43NO. The average molecular weight is 326 g/mol. The van der Waals surface area contributed by atoms with E-state index in [2.05, 4.69) is 20.8 Å². The van der Waals surface area contributed by atoms with E-state index in [-0.39, 0.29) is 11.8 Å². The van der Waals surface area contributed by atoms with E-state index < -0.39 is 0 Å². The zero-order chi connectivity index (χ0) is 17.3. The molecule has 2 heteroatoms. The Morgan fingerprint density at radius 1 is 0.696 bits per heavy atom. The number of carbonyl (C=O) groups excluding carboxylic acids is 1. The first-order valence-corrected chi connectivity index (χ1v) is 10.4. The lowest BCUT2D eigenvalue weighted by Crippen LogP contribution is -2.27. The summed E-state index contributed by atoms with van der Waals surface area (Å²) in [7, 11) is 0. The van der Waals surface area contributed by atoms with Gasteiger partial charge in [-0.3, -0.25) is 4.79 Å². The maximum absolute atomic E-state index is 11.3. The first kappa shape index (κ1) is 22.5. The van der Waals surface area contributed by atoms with E-state index in [0.29, 0.717) is 5.92 Å². The van der Waals surface area contributed by atoms with Crippen LogP contribution in [0.1, 0.15) is 117 Å². The molecule has 1 amide bonds. The van der Waals surface area contributed by atoms with E-state index in [4.69, 9.17) is 5.73 Å². The number of hydrogen-bond acceptors (Lipinski definition) is 1. The predicted octanol–water partition coefficient (Wildman–Crippen LogP) is 6.62. The lowest BCUT2D eigenvalue weighted by molar-refractivity contribution is -0.123. The molecule has 2 nitrogen and oxygen atoms in total. The van der Waals surface area contributed by atoms with E-state index in [1.54, 1.807) is 0 Å². The fourth-order valence-electron chi connectivity index (χ4n) is 3.36. The molecule has 0 saturated heterocycles. The van der Waals surface area contributed by atoms with Crippen LogP contribution in [0.4, 0.5) is 0 Å². The maximum Gasteiger partial charge on any atom is 0.220 e. The summed E-state index contributed by atoms with van der Waals surface area (Å²) in [5.41, 5.74) is 5.45. The molecule has 1 unspecified atom stereocenters. The third kappa shape index (κ3) is 14.8. The number of carbonyl (C=O) groups is 1. The second-order valence-electron chi connectivity index (χ2n) is 7.64. The lowest BCUT2D eigenvalue weighted by Gasteiger charge is -2.16. The molecule has 0 aromatic rings. The highest BCUT2D eigenvalue weighted by atomic mass is 16.1. The highest BCUT2D eigenvalue weighted by Gasteiger charge is 2.18. The molecule has 0 bridgehead atoms. The van der Waals surface area contributed by atoms with Crippen LogP contribution in [0.5, 0.6) is 0 Å². The van der Waals surface area contributed by atoms with Crippen LogP contribution in [0.3, 0.4) is 0 Å². The van der Waals surface area contributed by atoms with E-state index >= 15 is 0 Å². The molecule has 0 aliphatic heterocycles. The molecule has 0 saturated carbocycles. The summed E-state index contributed by atoms with van der Waals surface area (Å²) < 4.78 is 0. The van der Waals surface area contributed by atoms with Crippen LogP contribution in [-0.2, 0) is 4.79 Å². The van der Waals surface area contributed by atoms with Gasteiger partial charge in [0.2, 0.25) is 5.91 Å². The van der Waals surface area contributed by atoms with Crippen LogP contribution >= 0.6 is 0 Å². The van der Waals surface area contributed by atoms with Crippen molar-refractivity contribution in [2.24, 2.45) is 17.6 Å². The van der Waals surface area contributed by atoms with Crippen molar-refractivity contribution in [3.8, 4) is 0 Å². The Bertz CT molecular complexity index is 263. The highest BCUT2D eigenvalue weighted by molar-refractivity contribution is 5.76. The zero-order valence-corrected chi connectivity index (χ0v) is 16.2. The van der Waals surface area contributed by atoms with Crippen LogP contribution in [0.25, 0.3) is 0 Å². The van der Waals surface area contributed by atoms with Crippen LogP contribution < -0.4 is 5.73 Å². The Balaban J connectivity index is 3.23. The van der Waals surface area contributed by atoms with Gasteiger partial charge >= 0.3 is 0 Å². The minimum absolute atomic E-state index is 0.0762. The average Bonchev–Trinajstić information content (AvgIpc) is 2.50. The molecule has 0 aliphatic rings. The van der Waals surface area contributed by atoms with Crippen molar-refractivity contribution < 1.29 is 4.79 Å². The minimum atomic E-state index is -0.116. The van der Waals surface area contributed by atoms with E-state index in [0.717, 1.165) is 12.8 Å². The Hall–Kier alpha value is -0.530. The van der Waals surface area contributed by atoms with Crippen molar-refractivity contribution in [3.63, 3.8) is 0 Å². The molecule has 138 valence electrons. The van der Waals surface area contributed by atoms with E-state index in [1.165, 1.54) is 83.5 Å². The summed E-state index contributed by atoms with van der Waals surface area (Å²) >= 11 is 0. The van der Waals surface area contributed by atoms with Crippen molar-refractivity contribution in [2.45, 2.75) is 117 Å². The molecule has 0 fully saturated rings. The van der Waals surface area contributed by atoms with Crippen LogP contribution in [0, 0.1) is 11.8 Å². The molecule has 0 rings (SSSR count). The molecule has 0 heterocycles. The van der Waals surface area contributed by atoms with Gasteiger partial charge in [-0.15, -0.1) is 0 Å². The highest BCUT2D eigenvalue weighted by Crippen LogP contribution is 2.19. The number of hydrogen-bond donors (Lipinski definition) is 1. The Morgan fingerprint density at radius 2 is 1.04 bits per heavy atom. The largest absolute Gasteiger partial charge is 0.369 e. The topological polar surface area (TPSA) is 43.1 Å². The first-order chi connectivity index (χ1) is 11.1.